The Morgan fingerprint density at radius 2 is 1.94 bits per heavy atom. The number of nitrogens with zero attached hydrogens (tertiary/aromatic N) is 2. The number of imidazole rings is 2. The van der Waals surface area contributed by atoms with Gasteiger partial charge in [-0.25, -0.2) is 4.98 Å². The zero-order valence-electron chi connectivity index (χ0n) is 9.78. The molecule has 3 aromatic rings. The molecular weight excluding hydrogens is 198 g/mol. The summed E-state index contributed by atoms with van der Waals surface area (Å²) < 4.78 is 2.12. The monoisotopic (exact) mass is 213 g/mol. The lowest BCUT2D eigenvalue weighted by molar-refractivity contribution is 0.573. The van der Waals surface area contributed by atoms with Gasteiger partial charge in [0.15, 0.2) is 0 Å². The molecule has 0 atom stereocenters. The number of hydrogen-bond donors (Lipinski definition) is 1. The molecule has 0 unspecified atom stereocenters. The maximum absolute atomic E-state index is 4.56. The summed E-state index contributed by atoms with van der Waals surface area (Å²) in [4.78, 5) is 7.93. The van der Waals surface area contributed by atoms with E-state index in [1.807, 2.05) is 18.2 Å². The second-order valence-electron chi connectivity index (χ2n) is 5.21. The minimum atomic E-state index is 0.127. The highest BCUT2D eigenvalue weighted by molar-refractivity contribution is 5.79. The van der Waals surface area contributed by atoms with Crippen molar-refractivity contribution in [2.75, 3.05) is 0 Å². The molecule has 2 aromatic heterocycles. The van der Waals surface area contributed by atoms with E-state index in [0.29, 0.717) is 0 Å². The topological polar surface area (TPSA) is 33.1 Å². The minimum Gasteiger partial charge on any atom is -0.327 e. The molecule has 0 spiro atoms. The van der Waals surface area contributed by atoms with Crippen LogP contribution in [0.4, 0.5) is 0 Å². The zero-order valence-corrected chi connectivity index (χ0v) is 9.78. The molecule has 3 rings (SSSR count). The smallest absolute Gasteiger partial charge is 0.212 e. The molecule has 0 radical (unpaired) electrons. The second kappa shape index (κ2) is 2.88. The highest BCUT2D eigenvalue weighted by atomic mass is 15.1. The van der Waals surface area contributed by atoms with Gasteiger partial charge in [-0.2, -0.15) is 0 Å². The number of rotatable bonds is 0. The van der Waals surface area contributed by atoms with Crippen molar-refractivity contribution in [1.29, 1.82) is 0 Å². The predicted molar refractivity (Wildman–Crippen MR) is 65.7 cm³/mol. The van der Waals surface area contributed by atoms with E-state index in [0.717, 1.165) is 16.8 Å². The van der Waals surface area contributed by atoms with Gasteiger partial charge in [-0.15, -0.1) is 0 Å². The summed E-state index contributed by atoms with van der Waals surface area (Å²) in [6, 6.07) is 8.18. The Morgan fingerprint density at radius 1 is 1.19 bits per heavy atom. The van der Waals surface area contributed by atoms with Crippen molar-refractivity contribution in [3.63, 3.8) is 0 Å². The third kappa shape index (κ3) is 1.24. The van der Waals surface area contributed by atoms with Crippen molar-refractivity contribution in [1.82, 2.24) is 14.4 Å². The molecule has 1 N–H and O–H groups in total. The van der Waals surface area contributed by atoms with Gasteiger partial charge in [0.25, 0.3) is 0 Å². The van der Waals surface area contributed by atoms with Crippen LogP contribution in [0.25, 0.3) is 16.8 Å². The van der Waals surface area contributed by atoms with Crippen LogP contribution in [-0.2, 0) is 5.41 Å². The van der Waals surface area contributed by atoms with Crippen molar-refractivity contribution < 1.29 is 0 Å². The zero-order chi connectivity index (χ0) is 11.3. The van der Waals surface area contributed by atoms with E-state index >= 15 is 0 Å². The van der Waals surface area contributed by atoms with Gasteiger partial charge in [-0.3, -0.25) is 4.40 Å². The Kier molecular flexibility index (Phi) is 1.70. The molecule has 1 aromatic carbocycles. The van der Waals surface area contributed by atoms with Crippen molar-refractivity contribution in [2.24, 2.45) is 0 Å². The molecule has 16 heavy (non-hydrogen) atoms. The lowest BCUT2D eigenvalue weighted by Crippen LogP contribution is -2.11. The number of aromatic nitrogens is 3. The summed E-state index contributed by atoms with van der Waals surface area (Å²) in [6.07, 6.45) is 2.14. The fraction of sp³-hybridized carbons (Fsp3) is 0.308. The number of benzene rings is 1. The first-order chi connectivity index (χ1) is 7.55. The van der Waals surface area contributed by atoms with Crippen LogP contribution in [0.3, 0.4) is 0 Å². The van der Waals surface area contributed by atoms with Gasteiger partial charge >= 0.3 is 0 Å². The van der Waals surface area contributed by atoms with Crippen LogP contribution in [0.5, 0.6) is 0 Å². The van der Waals surface area contributed by atoms with Gasteiger partial charge in [0, 0.05) is 17.3 Å². The maximum Gasteiger partial charge on any atom is 0.212 e. The van der Waals surface area contributed by atoms with Crippen LogP contribution in [-0.4, -0.2) is 14.4 Å². The molecule has 0 aliphatic carbocycles. The van der Waals surface area contributed by atoms with Gasteiger partial charge in [0.1, 0.15) is 0 Å². The third-order valence-corrected chi connectivity index (χ3v) is 2.91. The van der Waals surface area contributed by atoms with E-state index in [4.69, 9.17) is 0 Å². The standard InChI is InChI=1S/C13H15N3/c1-13(2,3)11-8-16-10-7-5-4-6-9(10)14-12(16)15-11/h4-8H,1-3H3,(H,14,15). The fourth-order valence-corrected chi connectivity index (χ4v) is 1.93. The molecule has 0 amide bonds. The molecule has 0 saturated heterocycles. The van der Waals surface area contributed by atoms with E-state index in [-0.39, 0.29) is 5.41 Å². The molecule has 3 heteroatoms. The molecule has 2 heterocycles. The lowest BCUT2D eigenvalue weighted by atomic mass is 9.93. The molecule has 0 aliphatic heterocycles. The number of para-hydroxylation sites is 2. The van der Waals surface area contributed by atoms with E-state index in [1.54, 1.807) is 0 Å². The number of fused-ring (bicyclic) bond motifs is 3. The maximum atomic E-state index is 4.56. The summed E-state index contributed by atoms with van der Waals surface area (Å²) in [5.74, 6) is 0.922. The van der Waals surface area contributed by atoms with Crippen molar-refractivity contribution >= 4 is 16.8 Å². The van der Waals surface area contributed by atoms with E-state index in [2.05, 4.69) is 47.4 Å². The SMILES string of the molecule is CC(C)(C)c1cn2c(nc3ccccc32)[nH]1. The van der Waals surface area contributed by atoms with Gasteiger partial charge < -0.3 is 4.98 Å². The minimum absolute atomic E-state index is 0.127. The Labute approximate surface area is 94.1 Å². The Morgan fingerprint density at radius 3 is 2.69 bits per heavy atom. The second-order valence-corrected chi connectivity index (χ2v) is 5.21. The van der Waals surface area contributed by atoms with Crippen LogP contribution in [0.2, 0.25) is 0 Å². The normalized spacial score (nSPS) is 12.7. The third-order valence-electron chi connectivity index (χ3n) is 2.91. The van der Waals surface area contributed by atoms with Gasteiger partial charge in [-0.05, 0) is 12.1 Å². The van der Waals surface area contributed by atoms with Crippen LogP contribution < -0.4 is 0 Å². The van der Waals surface area contributed by atoms with E-state index in [9.17, 15) is 0 Å². The number of H-pyrrole nitrogens is 1. The van der Waals surface area contributed by atoms with Gasteiger partial charge in [-0.1, -0.05) is 32.9 Å². The summed E-state index contributed by atoms with van der Waals surface area (Å²) in [5, 5.41) is 0. The first-order valence-electron chi connectivity index (χ1n) is 5.52. The number of hydrogen-bond acceptors (Lipinski definition) is 1. The first-order valence-corrected chi connectivity index (χ1v) is 5.52. The Balaban J connectivity index is 2.35. The Hall–Kier alpha value is -1.77. The summed E-state index contributed by atoms with van der Waals surface area (Å²) in [5.41, 5.74) is 3.53. The van der Waals surface area contributed by atoms with Crippen molar-refractivity contribution in [3.8, 4) is 0 Å². The summed E-state index contributed by atoms with van der Waals surface area (Å²) >= 11 is 0. The number of nitrogens with one attached hydrogen (secondary N) is 1. The summed E-state index contributed by atoms with van der Waals surface area (Å²) in [7, 11) is 0. The van der Waals surface area contributed by atoms with Crippen LogP contribution in [0.15, 0.2) is 30.5 Å². The summed E-state index contributed by atoms with van der Waals surface area (Å²) in [6.45, 7) is 6.58. The van der Waals surface area contributed by atoms with Crippen molar-refractivity contribution in [2.45, 2.75) is 26.2 Å². The van der Waals surface area contributed by atoms with Crippen LogP contribution in [0.1, 0.15) is 26.5 Å². The van der Waals surface area contributed by atoms with E-state index < -0.39 is 0 Å². The number of aromatic amines is 1. The first kappa shape index (κ1) is 9.46. The fourth-order valence-electron chi connectivity index (χ4n) is 1.93. The average Bonchev–Trinajstić information content (AvgIpc) is 2.72. The van der Waals surface area contributed by atoms with Gasteiger partial charge in [0.05, 0.1) is 11.0 Å². The highest BCUT2D eigenvalue weighted by Gasteiger charge is 2.17. The average molecular weight is 213 g/mol. The molecule has 0 aliphatic rings. The molecule has 82 valence electrons. The molecule has 0 fully saturated rings. The quantitative estimate of drug-likeness (QED) is 0.611. The molecule has 3 nitrogen and oxygen atoms in total. The van der Waals surface area contributed by atoms with Crippen LogP contribution >= 0.6 is 0 Å². The largest absolute Gasteiger partial charge is 0.327 e. The molecular formula is C13H15N3. The molecule has 0 bridgehead atoms. The van der Waals surface area contributed by atoms with Crippen LogP contribution in [0, 0.1) is 0 Å². The van der Waals surface area contributed by atoms with Crippen molar-refractivity contribution in [3.05, 3.63) is 36.2 Å². The van der Waals surface area contributed by atoms with E-state index in [1.165, 1.54) is 5.69 Å². The lowest BCUT2D eigenvalue weighted by Gasteiger charge is -2.14. The predicted octanol–water partition coefficient (Wildman–Crippen LogP) is 3.11. The molecule has 0 saturated carbocycles. The highest BCUT2D eigenvalue weighted by Crippen LogP contribution is 2.24. The van der Waals surface area contributed by atoms with Gasteiger partial charge in [0.2, 0.25) is 5.78 Å². The Bertz CT molecular complexity index is 652.